The van der Waals surface area contributed by atoms with E-state index >= 15 is 0 Å². The number of piperazine rings is 1. The van der Waals surface area contributed by atoms with Crippen molar-refractivity contribution in [1.82, 2.24) is 14.7 Å². The molecule has 196 valence electrons. The van der Waals surface area contributed by atoms with Crippen molar-refractivity contribution < 1.29 is 23.5 Å². The first-order chi connectivity index (χ1) is 17.3. The average molecular weight is 501 g/mol. The minimum absolute atomic E-state index is 0.0280. The summed E-state index contributed by atoms with van der Waals surface area (Å²) >= 11 is 0. The summed E-state index contributed by atoms with van der Waals surface area (Å²) in [4.78, 5) is 46.0. The highest BCUT2D eigenvalue weighted by Crippen LogP contribution is 2.44. The summed E-state index contributed by atoms with van der Waals surface area (Å²) in [5.41, 5.74) is 0.577. The molecule has 0 radical (unpaired) electrons. The Morgan fingerprint density at radius 3 is 2.39 bits per heavy atom. The van der Waals surface area contributed by atoms with E-state index in [1.54, 1.807) is 4.90 Å². The highest BCUT2D eigenvalue weighted by Gasteiger charge is 2.51. The van der Waals surface area contributed by atoms with Gasteiger partial charge >= 0.3 is 5.97 Å². The summed E-state index contributed by atoms with van der Waals surface area (Å²) in [6.45, 7) is 7.81. The van der Waals surface area contributed by atoms with Crippen molar-refractivity contribution in [1.29, 1.82) is 0 Å². The van der Waals surface area contributed by atoms with Crippen LogP contribution in [0.25, 0.3) is 0 Å². The fourth-order valence-electron chi connectivity index (χ4n) is 6.38. The Balaban J connectivity index is 1.07. The first kappa shape index (κ1) is 25.0. The summed E-state index contributed by atoms with van der Waals surface area (Å²) in [6.07, 6.45) is 4.34. The number of anilines is 1. The predicted molar refractivity (Wildman–Crippen MR) is 133 cm³/mol. The summed E-state index contributed by atoms with van der Waals surface area (Å²) < 4.78 is 19.0. The first-order valence-corrected chi connectivity index (χ1v) is 13.3. The second-order valence-electron chi connectivity index (χ2n) is 10.8. The van der Waals surface area contributed by atoms with Gasteiger partial charge in [0.15, 0.2) is 0 Å². The largest absolute Gasteiger partial charge is 0.462 e. The quantitative estimate of drug-likeness (QED) is 0.578. The molecule has 4 heterocycles. The highest BCUT2D eigenvalue weighted by molar-refractivity contribution is 5.88. The molecule has 1 aromatic rings. The zero-order chi connectivity index (χ0) is 25.3. The van der Waals surface area contributed by atoms with Gasteiger partial charge in [-0.1, -0.05) is 0 Å². The van der Waals surface area contributed by atoms with Crippen LogP contribution in [0.3, 0.4) is 0 Å². The van der Waals surface area contributed by atoms with E-state index < -0.39 is 5.41 Å². The number of hydrogen-bond acceptors (Lipinski definition) is 6. The lowest BCUT2D eigenvalue weighted by Crippen LogP contribution is -2.51. The number of amides is 2. The third-order valence-electron chi connectivity index (χ3n) is 8.63. The van der Waals surface area contributed by atoms with Gasteiger partial charge in [0.2, 0.25) is 11.8 Å². The SMILES string of the molecule is CC(=O)N1CCCC1C(=O)N1CCC2(CC1)C[C@H](CCN1CCN(c3ccc(F)cc3)CC1)OC2=O. The number of hydrogen-bond donors (Lipinski definition) is 0. The minimum Gasteiger partial charge on any atom is -0.462 e. The number of carbonyl (C=O) groups excluding carboxylic acids is 3. The third kappa shape index (κ3) is 5.08. The number of halogens is 1. The zero-order valence-electron chi connectivity index (χ0n) is 21.2. The molecule has 1 spiro atoms. The lowest BCUT2D eigenvalue weighted by atomic mass is 9.75. The van der Waals surface area contributed by atoms with Crippen molar-refractivity contribution in [3.05, 3.63) is 30.1 Å². The molecule has 8 nitrogen and oxygen atoms in total. The number of cyclic esters (lactones) is 1. The number of carbonyl (C=O) groups is 3. The van der Waals surface area contributed by atoms with E-state index in [1.165, 1.54) is 19.1 Å². The van der Waals surface area contributed by atoms with Gasteiger partial charge in [0.1, 0.15) is 18.0 Å². The van der Waals surface area contributed by atoms with Gasteiger partial charge in [-0.25, -0.2) is 4.39 Å². The van der Waals surface area contributed by atoms with Gasteiger partial charge in [-0.2, -0.15) is 0 Å². The molecule has 9 heteroatoms. The van der Waals surface area contributed by atoms with E-state index in [0.717, 1.165) is 64.1 Å². The molecule has 36 heavy (non-hydrogen) atoms. The maximum absolute atomic E-state index is 13.2. The van der Waals surface area contributed by atoms with Crippen LogP contribution in [0.4, 0.5) is 10.1 Å². The first-order valence-electron chi connectivity index (χ1n) is 13.3. The molecule has 1 unspecified atom stereocenters. The smallest absolute Gasteiger partial charge is 0.312 e. The van der Waals surface area contributed by atoms with Crippen LogP contribution in [-0.2, 0) is 19.1 Å². The van der Waals surface area contributed by atoms with Gasteiger partial charge in [-0.3, -0.25) is 19.3 Å². The molecular formula is C27H37FN4O4. The van der Waals surface area contributed by atoms with Gasteiger partial charge in [-0.05, 0) is 56.4 Å². The molecular weight excluding hydrogens is 463 g/mol. The predicted octanol–water partition coefficient (Wildman–Crippen LogP) is 2.27. The van der Waals surface area contributed by atoms with Crippen molar-refractivity contribution in [2.75, 3.05) is 57.3 Å². The van der Waals surface area contributed by atoms with Crippen molar-refractivity contribution >= 4 is 23.5 Å². The third-order valence-corrected chi connectivity index (χ3v) is 8.63. The Kier molecular flexibility index (Phi) is 7.19. The normalized spacial score (nSPS) is 26.5. The number of esters is 1. The molecule has 0 saturated carbocycles. The number of piperidine rings is 1. The van der Waals surface area contributed by atoms with Gasteiger partial charge in [0.25, 0.3) is 0 Å². The molecule has 0 aromatic heterocycles. The van der Waals surface area contributed by atoms with Crippen LogP contribution in [0, 0.1) is 11.2 Å². The van der Waals surface area contributed by atoms with E-state index in [1.807, 2.05) is 17.0 Å². The molecule has 0 aliphatic carbocycles. The van der Waals surface area contributed by atoms with E-state index in [2.05, 4.69) is 9.80 Å². The molecule has 4 aliphatic rings. The van der Waals surface area contributed by atoms with Crippen molar-refractivity contribution in [3.8, 4) is 0 Å². The standard InChI is InChI=1S/C27H37FN4O4/c1-20(33)32-11-2-3-24(32)25(34)31-13-9-27(10-14-31)19-23(36-26(27)35)8-12-29-15-17-30(18-16-29)22-6-4-21(28)5-7-22/h4-7,23-24H,2-3,8-19H2,1H3/t23-,24?/m0/s1. The van der Waals surface area contributed by atoms with E-state index in [0.29, 0.717) is 32.5 Å². The topological polar surface area (TPSA) is 73.4 Å². The fraction of sp³-hybridized carbons (Fsp3) is 0.667. The summed E-state index contributed by atoms with van der Waals surface area (Å²) in [6, 6.07) is 6.32. The zero-order valence-corrected chi connectivity index (χ0v) is 21.2. The Labute approximate surface area is 212 Å². The van der Waals surface area contributed by atoms with Crippen LogP contribution in [-0.4, -0.2) is 97.0 Å². The lowest BCUT2D eigenvalue weighted by molar-refractivity contribution is -0.153. The second kappa shape index (κ2) is 10.4. The molecule has 4 saturated heterocycles. The molecule has 0 N–H and O–H groups in total. The number of nitrogens with zero attached hydrogens (tertiary/aromatic N) is 4. The van der Waals surface area contributed by atoms with Crippen molar-refractivity contribution in [2.24, 2.45) is 5.41 Å². The van der Waals surface area contributed by atoms with E-state index in [-0.39, 0.29) is 35.7 Å². The number of rotatable bonds is 5. The molecule has 4 aliphatic heterocycles. The molecule has 2 atom stereocenters. The number of likely N-dealkylation sites (tertiary alicyclic amines) is 2. The summed E-state index contributed by atoms with van der Waals surface area (Å²) in [5.74, 6) is -0.336. The van der Waals surface area contributed by atoms with Crippen LogP contribution >= 0.6 is 0 Å². The van der Waals surface area contributed by atoms with Crippen molar-refractivity contribution in [3.63, 3.8) is 0 Å². The van der Waals surface area contributed by atoms with Crippen LogP contribution in [0.2, 0.25) is 0 Å². The molecule has 1 aromatic carbocycles. The maximum atomic E-state index is 13.2. The Hall–Kier alpha value is -2.68. The monoisotopic (exact) mass is 500 g/mol. The second-order valence-corrected chi connectivity index (χ2v) is 10.8. The Bertz CT molecular complexity index is 970. The number of ether oxygens (including phenoxy) is 1. The highest BCUT2D eigenvalue weighted by atomic mass is 19.1. The van der Waals surface area contributed by atoms with E-state index in [9.17, 15) is 18.8 Å². The molecule has 4 fully saturated rings. The summed E-state index contributed by atoms with van der Waals surface area (Å²) in [7, 11) is 0. The molecule has 0 bridgehead atoms. The van der Waals surface area contributed by atoms with Crippen LogP contribution in [0.5, 0.6) is 0 Å². The minimum atomic E-state index is -0.474. The number of benzene rings is 1. The molecule has 5 rings (SSSR count). The Morgan fingerprint density at radius 2 is 1.72 bits per heavy atom. The fourth-order valence-corrected chi connectivity index (χ4v) is 6.38. The molecule has 2 amide bonds. The van der Waals surface area contributed by atoms with Crippen LogP contribution in [0.1, 0.15) is 45.4 Å². The van der Waals surface area contributed by atoms with Crippen LogP contribution in [0.15, 0.2) is 24.3 Å². The maximum Gasteiger partial charge on any atom is 0.312 e. The lowest BCUT2D eigenvalue weighted by Gasteiger charge is -2.38. The van der Waals surface area contributed by atoms with Gasteiger partial charge in [0.05, 0.1) is 5.41 Å². The van der Waals surface area contributed by atoms with Crippen molar-refractivity contribution in [2.45, 2.75) is 57.6 Å². The average Bonchev–Trinajstić information content (AvgIpc) is 3.49. The van der Waals surface area contributed by atoms with Crippen LogP contribution < -0.4 is 4.90 Å². The van der Waals surface area contributed by atoms with E-state index in [4.69, 9.17) is 4.74 Å². The summed E-state index contributed by atoms with van der Waals surface area (Å²) in [5, 5.41) is 0. The van der Waals surface area contributed by atoms with Gasteiger partial charge in [-0.15, -0.1) is 0 Å². The Morgan fingerprint density at radius 1 is 1.03 bits per heavy atom. The van der Waals surface area contributed by atoms with Gasteiger partial charge < -0.3 is 19.4 Å². The van der Waals surface area contributed by atoms with Gasteiger partial charge in [0, 0.05) is 71.4 Å².